The van der Waals surface area contributed by atoms with E-state index in [9.17, 15) is 19.5 Å². The first-order valence-corrected chi connectivity index (χ1v) is 14.4. The summed E-state index contributed by atoms with van der Waals surface area (Å²) in [7, 11) is 0. The lowest BCUT2D eigenvalue weighted by molar-refractivity contribution is -0.153. The zero-order valence-corrected chi connectivity index (χ0v) is 25.0. The molecule has 0 saturated carbocycles. The van der Waals surface area contributed by atoms with Gasteiger partial charge in [0.2, 0.25) is 11.8 Å². The van der Waals surface area contributed by atoms with E-state index in [1.54, 1.807) is 37.8 Å². The van der Waals surface area contributed by atoms with Gasteiger partial charge in [-0.2, -0.15) is 0 Å². The van der Waals surface area contributed by atoms with Crippen LogP contribution in [0.2, 0.25) is 0 Å². The van der Waals surface area contributed by atoms with Crippen LogP contribution in [0.3, 0.4) is 0 Å². The molecule has 1 aromatic rings. The fourth-order valence-corrected chi connectivity index (χ4v) is 5.07. The van der Waals surface area contributed by atoms with Gasteiger partial charge < -0.3 is 25.4 Å². The molecule has 1 atom stereocenters. The average Bonchev–Trinajstić information content (AvgIpc) is 2.84. The minimum atomic E-state index is -1.00. The summed E-state index contributed by atoms with van der Waals surface area (Å²) < 4.78 is 5.47. The van der Waals surface area contributed by atoms with E-state index >= 15 is 0 Å². The number of phenolic OH excluding ortho intramolecular Hbond substituents is 1. The average molecular weight is 547 g/mol. The lowest BCUT2D eigenvalue weighted by Gasteiger charge is -2.48. The summed E-state index contributed by atoms with van der Waals surface area (Å²) in [5, 5.41) is 15.4. The predicted octanol–water partition coefficient (Wildman–Crippen LogP) is 4.43. The van der Waals surface area contributed by atoms with Crippen molar-refractivity contribution >= 4 is 17.9 Å². The van der Waals surface area contributed by atoms with E-state index < -0.39 is 23.3 Å². The van der Waals surface area contributed by atoms with Gasteiger partial charge in [-0.1, -0.05) is 39.3 Å². The van der Waals surface area contributed by atoms with Crippen LogP contribution < -0.4 is 10.6 Å². The Morgan fingerprint density at radius 1 is 1.10 bits per heavy atom. The molecule has 0 aromatic heterocycles. The van der Waals surface area contributed by atoms with Crippen molar-refractivity contribution in [1.82, 2.24) is 20.4 Å². The summed E-state index contributed by atoms with van der Waals surface area (Å²) in [6.45, 7) is 16.2. The summed E-state index contributed by atoms with van der Waals surface area (Å²) in [5.74, 6) is 0.00343. The zero-order chi connectivity index (χ0) is 29.2. The molecule has 39 heavy (non-hydrogen) atoms. The number of likely N-dealkylation sites (N-methyl/N-ethyl adjacent to an activating group) is 1. The number of ether oxygens (including phenoxy) is 1. The molecule has 1 heterocycles. The standard InChI is InChI=1S/C30H50N4O5/c1-8-10-17-34(26(36)25(20-22(3)4)32-28(38)39-29(5,6)7)30(27(37)31-9-2)15-18-33(19-16-30)21-23-11-13-24(35)14-12-23/h11-14,22,25,35H,8-10,15-21H2,1-7H3,(H,31,37)(H,32,38). The van der Waals surface area contributed by atoms with Crippen molar-refractivity contribution in [2.24, 2.45) is 5.92 Å². The maximum absolute atomic E-state index is 14.2. The van der Waals surface area contributed by atoms with Crippen molar-refractivity contribution < 1.29 is 24.2 Å². The normalized spacial score (nSPS) is 16.4. The van der Waals surface area contributed by atoms with Gasteiger partial charge in [-0.3, -0.25) is 14.5 Å². The van der Waals surface area contributed by atoms with Gasteiger partial charge in [0.1, 0.15) is 22.9 Å². The number of phenols is 1. The largest absolute Gasteiger partial charge is 0.508 e. The van der Waals surface area contributed by atoms with Gasteiger partial charge in [-0.15, -0.1) is 0 Å². The number of unbranched alkanes of at least 4 members (excludes halogenated alkanes) is 1. The van der Waals surface area contributed by atoms with Gasteiger partial charge in [0.15, 0.2) is 0 Å². The van der Waals surface area contributed by atoms with Crippen molar-refractivity contribution in [2.45, 2.75) is 104 Å². The molecule has 2 rings (SSSR count). The van der Waals surface area contributed by atoms with Crippen molar-refractivity contribution in [3.05, 3.63) is 29.8 Å². The number of carbonyl (C=O) groups excluding carboxylic acids is 3. The number of carbonyl (C=O) groups is 3. The Hall–Kier alpha value is -2.81. The van der Waals surface area contributed by atoms with Gasteiger partial charge >= 0.3 is 6.09 Å². The molecule has 3 amide bonds. The summed E-state index contributed by atoms with van der Waals surface area (Å²) in [6, 6.07) is 6.36. The molecular formula is C30H50N4O5. The van der Waals surface area contributed by atoms with E-state index in [1.807, 2.05) is 32.9 Å². The number of hydrogen-bond acceptors (Lipinski definition) is 6. The molecule has 1 saturated heterocycles. The molecule has 1 aliphatic rings. The second-order valence-corrected chi connectivity index (χ2v) is 12.0. The molecule has 9 heteroatoms. The fourth-order valence-electron chi connectivity index (χ4n) is 5.07. The van der Waals surface area contributed by atoms with E-state index in [2.05, 4.69) is 22.5 Å². The first kappa shape index (κ1) is 32.4. The van der Waals surface area contributed by atoms with E-state index in [0.29, 0.717) is 52.0 Å². The number of rotatable bonds is 12. The van der Waals surface area contributed by atoms with Crippen LogP contribution in [-0.4, -0.2) is 76.2 Å². The quantitative estimate of drug-likeness (QED) is 0.358. The number of nitrogens with one attached hydrogen (secondary N) is 2. The van der Waals surface area contributed by atoms with Crippen LogP contribution in [0.25, 0.3) is 0 Å². The number of aromatic hydroxyl groups is 1. The van der Waals surface area contributed by atoms with E-state index in [1.165, 1.54) is 0 Å². The minimum absolute atomic E-state index is 0.140. The molecule has 1 aromatic carbocycles. The van der Waals surface area contributed by atoms with E-state index in [0.717, 1.165) is 18.4 Å². The second-order valence-electron chi connectivity index (χ2n) is 12.0. The molecule has 1 unspecified atom stereocenters. The van der Waals surface area contributed by atoms with Crippen molar-refractivity contribution in [1.29, 1.82) is 0 Å². The molecule has 220 valence electrons. The summed E-state index contributed by atoms with van der Waals surface area (Å²) in [5.41, 5.74) is -0.613. The Balaban J connectivity index is 2.35. The van der Waals surface area contributed by atoms with Crippen LogP contribution in [0.15, 0.2) is 24.3 Å². The zero-order valence-electron chi connectivity index (χ0n) is 25.0. The molecule has 9 nitrogen and oxygen atoms in total. The SMILES string of the molecule is CCCCN(C(=O)C(CC(C)C)NC(=O)OC(C)(C)C)C1(C(=O)NCC)CCN(Cc2ccc(O)cc2)CC1. The molecule has 1 fully saturated rings. The molecular weight excluding hydrogens is 496 g/mol. The maximum Gasteiger partial charge on any atom is 0.408 e. The molecule has 0 spiro atoms. The number of alkyl carbamates (subject to hydrolysis) is 1. The second kappa shape index (κ2) is 14.5. The van der Waals surface area contributed by atoms with Gasteiger partial charge in [0, 0.05) is 32.7 Å². The Morgan fingerprint density at radius 3 is 2.23 bits per heavy atom. The highest BCUT2D eigenvalue weighted by Gasteiger charge is 2.49. The van der Waals surface area contributed by atoms with Gasteiger partial charge in [0.25, 0.3) is 0 Å². The van der Waals surface area contributed by atoms with Gasteiger partial charge in [0.05, 0.1) is 0 Å². The van der Waals surface area contributed by atoms with Crippen molar-refractivity contribution in [2.75, 3.05) is 26.2 Å². The summed E-state index contributed by atoms with van der Waals surface area (Å²) >= 11 is 0. The fraction of sp³-hybridized carbons (Fsp3) is 0.700. The smallest absolute Gasteiger partial charge is 0.408 e. The first-order chi connectivity index (χ1) is 18.3. The summed E-state index contributed by atoms with van der Waals surface area (Å²) in [6.07, 6.45) is 2.42. The van der Waals surface area contributed by atoms with Crippen LogP contribution in [0.1, 0.15) is 86.1 Å². The molecule has 1 aliphatic heterocycles. The third-order valence-corrected chi connectivity index (χ3v) is 7.00. The van der Waals surface area contributed by atoms with Crippen LogP contribution in [0.4, 0.5) is 4.79 Å². The topological polar surface area (TPSA) is 111 Å². The van der Waals surface area contributed by atoms with Crippen LogP contribution in [0.5, 0.6) is 5.75 Å². The molecule has 0 radical (unpaired) electrons. The van der Waals surface area contributed by atoms with Gasteiger partial charge in [-0.05, 0) is 77.0 Å². The first-order valence-electron chi connectivity index (χ1n) is 14.4. The number of likely N-dealkylation sites (tertiary alicyclic amines) is 1. The van der Waals surface area contributed by atoms with Crippen LogP contribution in [-0.2, 0) is 20.9 Å². The Bertz CT molecular complexity index is 934. The Labute approximate surface area is 234 Å². The minimum Gasteiger partial charge on any atom is -0.508 e. The third-order valence-electron chi connectivity index (χ3n) is 7.00. The number of nitrogens with zero attached hydrogens (tertiary/aromatic N) is 2. The number of benzene rings is 1. The Kier molecular flexibility index (Phi) is 12.1. The summed E-state index contributed by atoms with van der Waals surface area (Å²) in [4.78, 5) is 44.7. The maximum atomic E-state index is 14.2. The highest BCUT2D eigenvalue weighted by molar-refractivity contribution is 5.94. The van der Waals surface area contributed by atoms with E-state index in [4.69, 9.17) is 4.74 Å². The van der Waals surface area contributed by atoms with Crippen LogP contribution >= 0.6 is 0 Å². The monoisotopic (exact) mass is 546 g/mol. The highest BCUT2D eigenvalue weighted by atomic mass is 16.6. The van der Waals surface area contributed by atoms with Crippen molar-refractivity contribution in [3.8, 4) is 5.75 Å². The highest BCUT2D eigenvalue weighted by Crippen LogP contribution is 2.32. The Morgan fingerprint density at radius 2 is 1.72 bits per heavy atom. The predicted molar refractivity (Wildman–Crippen MR) is 153 cm³/mol. The molecule has 0 bridgehead atoms. The lowest BCUT2D eigenvalue weighted by Crippen LogP contribution is -2.67. The van der Waals surface area contributed by atoms with Crippen molar-refractivity contribution in [3.63, 3.8) is 0 Å². The molecule has 0 aliphatic carbocycles. The van der Waals surface area contributed by atoms with Crippen LogP contribution in [0, 0.1) is 5.92 Å². The van der Waals surface area contributed by atoms with E-state index in [-0.39, 0.29) is 23.5 Å². The number of hydrogen-bond donors (Lipinski definition) is 3. The lowest BCUT2D eigenvalue weighted by atomic mass is 9.83. The molecule has 3 N–H and O–H groups in total. The third kappa shape index (κ3) is 9.71. The van der Waals surface area contributed by atoms with Gasteiger partial charge in [-0.25, -0.2) is 4.79 Å². The number of piperidine rings is 1. The number of amides is 3.